The van der Waals surface area contributed by atoms with Crippen LogP contribution in [0.3, 0.4) is 0 Å². The predicted octanol–water partition coefficient (Wildman–Crippen LogP) is 3.94. The number of carbonyl (C=O) groups is 2. The maximum absolute atomic E-state index is 13.2. The number of nitrogens with two attached hydrogens (primary N) is 1. The van der Waals surface area contributed by atoms with Crippen molar-refractivity contribution in [3.8, 4) is 0 Å². The van der Waals surface area contributed by atoms with E-state index in [0.717, 1.165) is 30.8 Å². The highest BCUT2D eigenvalue weighted by Gasteiger charge is 2.31. The number of amides is 2. The molecular weight excluding hydrogens is 537 g/mol. The topological polar surface area (TPSA) is 122 Å². The van der Waals surface area contributed by atoms with E-state index in [1.807, 2.05) is 0 Å². The van der Waals surface area contributed by atoms with Crippen LogP contribution in [0.2, 0.25) is 0 Å². The van der Waals surface area contributed by atoms with Gasteiger partial charge in [0.25, 0.3) is 0 Å². The third-order valence-electron chi connectivity index (χ3n) is 6.40. The molecule has 0 radical (unpaired) electrons. The molecule has 1 saturated heterocycles. The van der Waals surface area contributed by atoms with Crippen molar-refractivity contribution in [1.29, 1.82) is 0 Å². The summed E-state index contributed by atoms with van der Waals surface area (Å²) in [5.74, 6) is -0.812. The van der Waals surface area contributed by atoms with Gasteiger partial charge in [-0.05, 0) is 41.5 Å². The number of halogens is 3. The van der Waals surface area contributed by atoms with Crippen LogP contribution < -0.4 is 21.7 Å². The van der Waals surface area contributed by atoms with E-state index in [4.69, 9.17) is 10.5 Å². The third-order valence-corrected chi connectivity index (χ3v) is 6.40. The van der Waals surface area contributed by atoms with Crippen LogP contribution in [0.1, 0.15) is 22.7 Å². The zero-order valence-electron chi connectivity index (χ0n) is 22.2. The Bertz CT molecular complexity index is 1340. The molecule has 4 rings (SSSR count). The van der Waals surface area contributed by atoms with Gasteiger partial charge in [-0.15, -0.1) is 0 Å². The van der Waals surface area contributed by atoms with E-state index < -0.39 is 23.7 Å². The van der Waals surface area contributed by atoms with Gasteiger partial charge in [0.1, 0.15) is 11.9 Å². The number of nitrogens with zero attached hydrogens (tertiary/aromatic N) is 2. The number of hydrogen-bond acceptors (Lipinski definition) is 7. The highest BCUT2D eigenvalue weighted by molar-refractivity contribution is 6.03. The SMILES string of the molecule is Nc1ccccc1NC(=O)/C=C/c1ccc(C(NCCN2CCOCC2)C(=O)Nc2ccc(C(F)(F)F)cn2)cc1. The van der Waals surface area contributed by atoms with Crippen molar-refractivity contribution in [2.24, 2.45) is 0 Å². The molecule has 0 spiro atoms. The number of para-hydroxylation sites is 2. The van der Waals surface area contributed by atoms with Crippen LogP contribution in [0.5, 0.6) is 0 Å². The van der Waals surface area contributed by atoms with Gasteiger partial charge in [-0.25, -0.2) is 4.98 Å². The largest absolute Gasteiger partial charge is 0.417 e. The first-order valence-electron chi connectivity index (χ1n) is 13.0. The summed E-state index contributed by atoms with van der Waals surface area (Å²) < 4.78 is 44.0. The Morgan fingerprint density at radius 1 is 1.02 bits per heavy atom. The van der Waals surface area contributed by atoms with Crippen LogP contribution in [-0.4, -0.2) is 61.1 Å². The monoisotopic (exact) mass is 568 g/mol. The van der Waals surface area contributed by atoms with Gasteiger partial charge < -0.3 is 26.4 Å². The second-order valence-corrected chi connectivity index (χ2v) is 9.34. The fourth-order valence-electron chi connectivity index (χ4n) is 4.14. The van der Waals surface area contributed by atoms with Crippen molar-refractivity contribution in [3.05, 3.63) is 89.6 Å². The van der Waals surface area contributed by atoms with Gasteiger partial charge in [0.05, 0.1) is 30.2 Å². The normalized spacial score (nSPS) is 15.0. The molecular formula is C29H31F3N6O3. The van der Waals surface area contributed by atoms with E-state index >= 15 is 0 Å². The zero-order chi connectivity index (χ0) is 29.2. The highest BCUT2D eigenvalue weighted by atomic mass is 19.4. The van der Waals surface area contributed by atoms with Gasteiger partial charge in [-0.3, -0.25) is 14.5 Å². The molecule has 2 aromatic carbocycles. The van der Waals surface area contributed by atoms with Crippen molar-refractivity contribution in [3.63, 3.8) is 0 Å². The molecule has 1 atom stereocenters. The number of benzene rings is 2. The number of morpholine rings is 1. The average molecular weight is 569 g/mol. The summed E-state index contributed by atoms with van der Waals surface area (Å²) in [5, 5.41) is 8.56. The molecule has 0 saturated carbocycles. The molecule has 1 aliphatic rings. The van der Waals surface area contributed by atoms with E-state index in [1.54, 1.807) is 54.6 Å². The molecule has 9 nitrogen and oxygen atoms in total. The Morgan fingerprint density at radius 3 is 2.41 bits per heavy atom. The number of anilines is 3. The molecule has 12 heteroatoms. The number of hydrogen-bond donors (Lipinski definition) is 4. The molecule has 1 aromatic heterocycles. The summed E-state index contributed by atoms with van der Waals surface area (Å²) >= 11 is 0. The van der Waals surface area contributed by atoms with Crippen molar-refractivity contribution in [1.82, 2.24) is 15.2 Å². The maximum atomic E-state index is 13.2. The van der Waals surface area contributed by atoms with Crippen LogP contribution in [0.15, 0.2) is 72.9 Å². The number of ether oxygens (including phenoxy) is 1. The molecule has 2 amide bonds. The summed E-state index contributed by atoms with van der Waals surface area (Å²) in [7, 11) is 0. The molecule has 1 fully saturated rings. The van der Waals surface area contributed by atoms with Crippen LogP contribution in [-0.2, 0) is 20.5 Å². The molecule has 1 aliphatic heterocycles. The summed E-state index contributed by atoms with van der Waals surface area (Å²) in [6.07, 6.45) is -0.835. The van der Waals surface area contributed by atoms with Crippen LogP contribution in [0.25, 0.3) is 6.08 Å². The van der Waals surface area contributed by atoms with Crippen LogP contribution >= 0.6 is 0 Å². The fourth-order valence-corrected chi connectivity index (χ4v) is 4.14. The summed E-state index contributed by atoms with van der Waals surface area (Å²) in [5.41, 5.74) is 7.28. The Morgan fingerprint density at radius 2 is 1.76 bits per heavy atom. The van der Waals surface area contributed by atoms with E-state index in [-0.39, 0.29) is 11.7 Å². The van der Waals surface area contributed by atoms with E-state index in [1.165, 1.54) is 6.08 Å². The van der Waals surface area contributed by atoms with Gasteiger partial charge in [0, 0.05) is 38.5 Å². The minimum atomic E-state index is -4.52. The average Bonchev–Trinajstić information content (AvgIpc) is 2.96. The molecule has 0 aliphatic carbocycles. The zero-order valence-corrected chi connectivity index (χ0v) is 22.2. The smallest absolute Gasteiger partial charge is 0.397 e. The highest BCUT2D eigenvalue weighted by Crippen LogP contribution is 2.29. The molecule has 0 bridgehead atoms. The minimum Gasteiger partial charge on any atom is -0.397 e. The number of nitrogen functional groups attached to an aromatic ring is 1. The quantitative estimate of drug-likeness (QED) is 0.216. The first-order valence-corrected chi connectivity index (χ1v) is 13.0. The van der Waals surface area contributed by atoms with E-state index in [0.29, 0.717) is 49.4 Å². The third kappa shape index (κ3) is 8.87. The lowest BCUT2D eigenvalue weighted by Crippen LogP contribution is -2.42. The van der Waals surface area contributed by atoms with E-state index in [2.05, 4.69) is 25.8 Å². The Labute approximate surface area is 235 Å². The van der Waals surface area contributed by atoms with Gasteiger partial charge >= 0.3 is 6.18 Å². The Kier molecular flexibility index (Phi) is 10.1. The van der Waals surface area contributed by atoms with Gasteiger partial charge in [0.2, 0.25) is 11.8 Å². The predicted molar refractivity (Wildman–Crippen MR) is 151 cm³/mol. The number of nitrogens with one attached hydrogen (secondary N) is 3. The second kappa shape index (κ2) is 13.9. The van der Waals surface area contributed by atoms with Crippen LogP contribution in [0, 0.1) is 0 Å². The number of carbonyl (C=O) groups excluding carboxylic acids is 2. The lowest BCUT2D eigenvalue weighted by Gasteiger charge is -2.27. The van der Waals surface area contributed by atoms with Gasteiger partial charge in [-0.2, -0.15) is 13.2 Å². The van der Waals surface area contributed by atoms with Crippen molar-refractivity contribution < 1.29 is 27.5 Å². The molecule has 3 aromatic rings. The molecule has 2 heterocycles. The molecule has 216 valence electrons. The van der Waals surface area contributed by atoms with Crippen LogP contribution in [0.4, 0.5) is 30.4 Å². The number of alkyl halides is 3. The van der Waals surface area contributed by atoms with Crippen molar-refractivity contribution >= 4 is 35.1 Å². The number of rotatable bonds is 10. The standard InChI is InChI=1S/C29H31F3N6O3/c30-29(31,32)22-10-11-25(35-19-22)37-28(40)27(34-13-14-38-15-17-41-18-16-38)21-8-5-20(6-9-21)7-12-26(39)36-24-4-2-1-3-23(24)33/h1-12,19,27,34H,13-18,33H2,(H,36,39)(H,35,37,40)/b12-7+. The lowest BCUT2D eigenvalue weighted by atomic mass is 10.0. The first-order chi connectivity index (χ1) is 19.7. The van der Waals surface area contributed by atoms with Gasteiger partial charge in [0.15, 0.2) is 0 Å². The first kappa shape index (κ1) is 29.7. The number of aromatic nitrogens is 1. The minimum absolute atomic E-state index is 0.00704. The molecule has 1 unspecified atom stereocenters. The second-order valence-electron chi connectivity index (χ2n) is 9.34. The summed E-state index contributed by atoms with van der Waals surface area (Å²) in [6.45, 7) is 4.06. The lowest BCUT2D eigenvalue weighted by molar-refractivity contribution is -0.137. The summed E-state index contributed by atoms with van der Waals surface area (Å²) in [4.78, 5) is 31.5. The van der Waals surface area contributed by atoms with Crippen molar-refractivity contribution in [2.75, 3.05) is 55.8 Å². The van der Waals surface area contributed by atoms with Gasteiger partial charge in [-0.1, -0.05) is 36.4 Å². The fraction of sp³-hybridized carbons (Fsp3) is 0.276. The Hall–Kier alpha value is -4.26. The number of pyridine rings is 1. The summed E-state index contributed by atoms with van der Waals surface area (Å²) in [6, 6.07) is 15.1. The molecule has 5 N–H and O–H groups in total. The van der Waals surface area contributed by atoms with E-state index in [9.17, 15) is 22.8 Å². The van der Waals surface area contributed by atoms with Crippen molar-refractivity contribution in [2.45, 2.75) is 12.2 Å². The molecule has 41 heavy (non-hydrogen) atoms. The Balaban J connectivity index is 1.43. The maximum Gasteiger partial charge on any atom is 0.417 e.